The standard InChI is InChI=1S/C5H12O3.C4H8O2/c1-4(7)5(8)2-3-6;1-3-6-4(2)5/h4-8H,2-3H2,1H3;3H2,1-2H3. The molecule has 0 aliphatic heterocycles. The number of hydrogen-bond acceptors (Lipinski definition) is 5. The number of aliphatic hydroxyl groups is 3. The Morgan fingerprint density at radius 2 is 1.93 bits per heavy atom. The van der Waals surface area contributed by atoms with Gasteiger partial charge in [0, 0.05) is 13.5 Å². The Balaban J connectivity index is 0. The zero-order valence-electron chi connectivity index (χ0n) is 8.93. The summed E-state index contributed by atoms with van der Waals surface area (Å²) in [5.74, 6) is -0.211. The van der Waals surface area contributed by atoms with Crippen LogP contribution in [0, 0.1) is 0 Å². The van der Waals surface area contributed by atoms with E-state index in [9.17, 15) is 4.79 Å². The van der Waals surface area contributed by atoms with Crippen LogP contribution < -0.4 is 0 Å². The topological polar surface area (TPSA) is 87.0 Å². The highest BCUT2D eigenvalue weighted by Gasteiger charge is 2.08. The summed E-state index contributed by atoms with van der Waals surface area (Å²) in [4.78, 5) is 9.82. The first-order chi connectivity index (χ1) is 6.45. The van der Waals surface area contributed by atoms with Crippen LogP contribution in [-0.4, -0.2) is 46.7 Å². The summed E-state index contributed by atoms with van der Waals surface area (Å²) < 4.78 is 4.40. The lowest BCUT2D eigenvalue weighted by Crippen LogP contribution is -2.23. The molecular weight excluding hydrogens is 188 g/mol. The van der Waals surface area contributed by atoms with E-state index in [0.29, 0.717) is 6.61 Å². The summed E-state index contributed by atoms with van der Waals surface area (Å²) >= 11 is 0. The number of ether oxygens (including phenoxy) is 1. The molecule has 2 atom stereocenters. The van der Waals surface area contributed by atoms with Gasteiger partial charge in [-0.1, -0.05) is 0 Å². The van der Waals surface area contributed by atoms with Gasteiger partial charge >= 0.3 is 5.97 Å². The molecule has 5 nitrogen and oxygen atoms in total. The molecule has 0 bridgehead atoms. The van der Waals surface area contributed by atoms with Crippen molar-refractivity contribution in [2.24, 2.45) is 0 Å². The fraction of sp³-hybridized carbons (Fsp3) is 0.889. The number of aliphatic hydroxyl groups excluding tert-OH is 3. The van der Waals surface area contributed by atoms with Crippen molar-refractivity contribution in [1.29, 1.82) is 0 Å². The van der Waals surface area contributed by atoms with Gasteiger partial charge in [0.25, 0.3) is 0 Å². The van der Waals surface area contributed by atoms with E-state index in [1.807, 2.05) is 0 Å². The Morgan fingerprint density at radius 1 is 1.43 bits per heavy atom. The lowest BCUT2D eigenvalue weighted by Gasteiger charge is -2.10. The van der Waals surface area contributed by atoms with E-state index in [2.05, 4.69) is 4.74 Å². The van der Waals surface area contributed by atoms with Crippen molar-refractivity contribution in [2.45, 2.75) is 39.4 Å². The second kappa shape index (κ2) is 10.4. The third kappa shape index (κ3) is 13.9. The van der Waals surface area contributed by atoms with E-state index in [-0.39, 0.29) is 19.0 Å². The van der Waals surface area contributed by atoms with E-state index in [0.717, 1.165) is 0 Å². The maximum absolute atomic E-state index is 9.82. The third-order valence-electron chi connectivity index (χ3n) is 1.33. The van der Waals surface area contributed by atoms with Gasteiger partial charge in [-0.3, -0.25) is 4.79 Å². The highest BCUT2D eigenvalue weighted by Crippen LogP contribution is 1.95. The minimum Gasteiger partial charge on any atom is -0.466 e. The van der Waals surface area contributed by atoms with Crippen molar-refractivity contribution in [3.63, 3.8) is 0 Å². The summed E-state index contributed by atoms with van der Waals surface area (Å²) in [5.41, 5.74) is 0. The van der Waals surface area contributed by atoms with Crippen LogP contribution in [0.15, 0.2) is 0 Å². The smallest absolute Gasteiger partial charge is 0.302 e. The van der Waals surface area contributed by atoms with Crippen molar-refractivity contribution < 1.29 is 24.9 Å². The molecule has 0 heterocycles. The molecule has 0 aromatic carbocycles. The van der Waals surface area contributed by atoms with E-state index in [4.69, 9.17) is 15.3 Å². The van der Waals surface area contributed by atoms with Gasteiger partial charge < -0.3 is 20.1 Å². The van der Waals surface area contributed by atoms with Gasteiger partial charge in [-0.05, 0) is 20.3 Å². The Hall–Kier alpha value is -0.650. The van der Waals surface area contributed by atoms with E-state index < -0.39 is 12.2 Å². The predicted molar refractivity (Wildman–Crippen MR) is 51.7 cm³/mol. The van der Waals surface area contributed by atoms with Crippen LogP contribution in [0.3, 0.4) is 0 Å². The molecule has 86 valence electrons. The van der Waals surface area contributed by atoms with Crippen molar-refractivity contribution in [1.82, 2.24) is 0 Å². The average molecular weight is 208 g/mol. The first kappa shape index (κ1) is 15.8. The fourth-order valence-corrected chi connectivity index (χ4v) is 0.577. The summed E-state index contributed by atoms with van der Waals surface area (Å²) in [6, 6.07) is 0. The first-order valence-electron chi connectivity index (χ1n) is 4.56. The van der Waals surface area contributed by atoms with Crippen molar-refractivity contribution >= 4 is 5.97 Å². The van der Waals surface area contributed by atoms with Gasteiger partial charge in [0.1, 0.15) is 0 Å². The number of carbonyl (C=O) groups excluding carboxylic acids is 1. The molecule has 2 unspecified atom stereocenters. The number of esters is 1. The SMILES string of the molecule is CC(O)C(O)CCO.CCOC(C)=O. The summed E-state index contributed by atoms with van der Waals surface area (Å²) in [5, 5.41) is 25.5. The molecule has 0 radical (unpaired) electrons. The van der Waals surface area contributed by atoms with Gasteiger partial charge in [0.2, 0.25) is 0 Å². The van der Waals surface area contributed by atoms with E-state index >= 15 is 0 Å². The second-order valence-corrected chi connectivity index (χ2v) is 2.74. The maximum atomic E-state index is 9.82. The Bertz CT molecular complexity index is 135. The van der Waals surface area contributed by atoms with Gasteiger partial charge in [-0.15, -0.1) is 0 Å². The third-order valence-corrected chi connectivity index (χ3v) is 1.33. The van der Waals surface area contributed by atoms with Gasteiger partial charge in [0.15, 0.2) is 0 Å². The van der Waals surface area contributed by atoms with E-state index in [1.54, 1.807) is 6.92 Å². The van der Waals surface area contributed by atoms with Crippen LogP contribution in [0.1, 0.15) is 27.2 Å². The molecule has 5 heteroatoms. The van der Waals surface area contributed by atoms with Gasteiger partial charge in [0.05, 0.1) is 18.8 Å². The van der Waals surface area contributed by atoms with Crippen molar-refractivity contribution in [2.75, 3.05) is 13.2 Å². The monoisotopic (exact) mass is 208 g/mol. The van der Waals surface area contributed by atoms with Crippen LogP contribution in [0.4, 0.5) is 0 Å². The van der Waals surface area contributed by atoms with Crippen molar-refractivity contribution in [3.8, 4) is 0 Å². The molecule has 0 amide bonds. The zero-order chi connectivity index (χ0) is 11.6. The molecule has 0 saturated carbocycles. The fourth-order valence-electron chi connectivity index (χ4n) is 0.577. The summed E-state index contributed by atoms with van der Waals surface area (Å²) in [7, 11) is 0. The molecule has 3 N–H and O–H groups in total. The van der Waals surface area contributed by atoms with Crippen molar-refractivity contribution in [3.05, 3.63) is 0 Å². The Labute approximate surface area is 84.3 Å². The minimum absolute atomic E-state index is 0.0773. The molecule has 14 heavy (non-hydrogen) atoms. The molecule has 0 fully saturated rings. The van der Waals surface area contributed by atoms with E-state index in [1.165, 1.54) is 13.8 Å². The van der Waals surface area contributed by atoms with Gasteiger partial charge in [-0.25, -0.2) is 0 Å². The molecule has 0 aromatic heterocycles. The Morgan fingerprint density at radius 3 is 2.00 bits per heavy atom. The predicted octanol–water partition coefficient (Wildman–Crippen LogP) is -0.320. The average Bonchev–Trinajstić information content (AvgIpc) is 2.05. The normalized spacial score (nSPS) is 13.6. The molecule has 0 aliphatic carbocycles. The lowest BCUT2D eigenvalue weighted by atomic mass is 10.2. The number of hydrogen-bond donors (Lipinski definition) is 3. The minimum atomic E-state index is -0.778. The maximum Gasteiger partial charge on any atom is 0.302 e. The molecule has 0 saturated heterocycles. The molecule has 0 spiro atoms. The van der Waals surface area contributed by atoms with Crippen LogP contribution in [0.5, 0.6) is 0 Å². The van der Waals surface area contributed by atoms with Crippen LogP contribution in [-0.2, 0) is 9.53 Å². The zero-order valence-corrected chi connectivity index (χ0v) is 8.93. The highest BCUT2D eigenvalue weighted by atomic mass is 16.5. The largest absolute Gasteiger partial charge is 0.466 e. The summed E-state index contributed by atoms with van der Waals surface area (Å²) in [6.45, 7) is 5.06. The molecular formula is C9H20O5. The van der Waals surface area contributed by atoms with Crippen LogP contribution >= 0.6 is 0 Å². The number of rotatable bonds is 4. The highest BCUT2D eigenvalue weighted by molar-refractivity contribution is 5.65. The van der Waals surface area contributed by atoms with Gasteiger partial charge in [-0.2, -0.15) is 0 Å². The molecule has 0 rings (SSSR count). The lowest BCUT2D eigenvalue weighted by molar-refractivity contribution is -0.140. The molecule has 0 aromatic rings. The number of carbonyl (C=O) groups is 1. The first-order valence-corrected chi connectivity index (χ1v) is 4.56. The summed E-state index contributed by atoms with van der Waals surface area (Å²) in [6.07, 6.45) is -1.26. The molecule has 0 aliphatic rings. The Kier molecular flexibility index (Phi) is 11.8. The second-order valence-electron chi connectivity index (χ2n) is 2.74. The van der Waals surface area contributed by atoms with Crippen LogP contribution in [0.2, 0.25) is 0 Å². The quantitative estimate of drug-likeness (QED) is 0.551. The van der Waals surface area contributed by atoms with Crippen LogP contribution in [0.25, 0.3) is 0 Å².